The molecule has 1 aromatic carbocycles. The van der Waals surface area contributed by atoms with Gasteiger partial charge in [-0.05, 0) is 24.6 Å². The molecule has 31 heavy (non-hydrogen) atoms. The maximum Gasteiger partial charge on any atom is 0.305 e. The van der Waals surface area contributed by atoms with E-state index in [1.54, 1.807) is 13.0 Å². The Morgan fingerprint density at radius 1 is 1.19 bits per heavy atom. The number of anilines is 1. The van der Waals surface area contributed by atoms with Gasteiger partial charge in [0.25, 0.3) is 12.0 Å². The van der Waals surface area contributed by atoms with Crippen LogP contribution in [-0.4, -0.2) is 46.7 Å². The Kier molecular flexibility index (Phi) is 4.65. The molecule has 2 bridgehead atoms. The first-order valence-electron chi connectivity index (χ1n) is 9.41. The molecule has 0 radical (unpaired) electrons. The van der Waals surface area contributed by atoms with Crippen molar-refractivity contribution in [2.45, 2.75) is 38.8 Å². The van der Waals surface area contributed by atoms with Gasteiger partial charge in [-0.1, -0.05) is 12.1 Å². The van der Waals surface area contributed by atoms with E-state index in [1.807, 2.05) is 0 Å². The van der Waals surface area contributed by atoms with Crippen molar-refractivity contribution in [3.63, 3.8) is 0 Å². The summed E-state index contributed by atoms with van der Waals surface area (Å²) in [6, 6.07) is 4.16. The molecule has 11 nitrogen and oxygen atoms in total. The van der Waals surface area contributed by atoms with Crippen molar-refractivity contribution in [1.82, 2.24) is 0 Å². The number of esters is 2. The molecule has 2 amide bonds. The van der Waals surface area contributed by atoms with E-state index in [2.05, 4.69) is 0 Å². The van der Waals surface area contributed by atoms with E-state index < -0.39 is 64.2 Å². The number of nitro benzene ring substituents is 1. The fourth-order valence-corrected chi connectivity index (χ4v) is 4.42. The highest BCUT2D eigenvalue weighted by Crippen LogP contribution is 2.55. The molecule has 3 heterocycles. The van der Waals surface area contributed by atoms with Crippen molar-refractivity contribution in [2.24, 2.45) is 11.8 Å². The highest BCUT2D eigenvalue weighted by atomic mass is 16.7. The van der Waals surface area contributed by atoms with E-state index in [-0.39, 0.29) is 5.69 Å². The largest absolute Gasteiger partial charge is 0.422 e. The molecule has 0 aliphatic carbocycles. The fraction of sp³-hybridized carbons (Fsp3) is 0.400. The monoisotopic (exact) mass is 430 g/mol. The van der Waals surface area contributed by atoms with E-state index >= 15 is 0 Å². The number of carbonyl (C=O) groups is 4. The number of nitrogens with zero attached hydrogens (tertiary/aromatic N) is 2. The van der Waals surface area contributed by atoms with Crippen LogP contribution in [0, 0.1) is 28.9 Å². The van der Waals surface area contributed by atoms with Gasteiger partial charge >= 0.3 is 11.9 Å². The molecule has 3 aliphatic rings. The summed E-state index contributed by atoms with van der Waals surface area (Å²) in [6.45, 7) is 3.84. The van der Waals surface area contributed by atoms with Crippen molar-refractivity contribution in [1.29, 1.82) is 0 Å². The predicted octanol–water partition coefficient (Wildman–Crippen LogP) is 1.17. The Balaban J connectivity index is 1.79. The van der Waals surface area contributed by atoms with Gasteiger partial charge in [0.2, 0.25) is 11.8 Å². The summed E-state index contributed by atoms with van der Waals surface area (Å²) >= 11 is 0. The summed E-state index contributed by atoms with van der Waals surface area (Å²) in [4.78, 5) is 61.5. The SMILES string of the molecule is CC(=O)OC(OC(C)=O)C12C=CC(O1)C1C(=O)N(c3ccc(C)cc3[N+](=O)[O-])C(=O)C12. The van der Waals surface area contributed by atoms with Crippen LogP contribution in [0.15, 0.2) is 30.4 Å². The molecule has 3 aliphatic heterocycles. The number of fused-ring (bicyclic) bond motifs is 5. The third-order valence-corrected chi connectivity index (χ3v) is 5.56. The van der Waals surface area contributed by atoms with Gasteiger partial charge in [-0.15, -0.1) is 0 Å². The molecule has 0 aromatic heterocycles. The average molecular weight is 430 g/mol. The molecule has 4 rings (SSSR count). The van der Waals surface area contributed by atoms with Gasteiger partial charge in [-0.3, -0.25) is 29.3 Å². The lowest BCUT2D eigenvalue weighted by Gasteiger charge is -2.34. The molecule has 4 atom stereocenters. The number of imide groups is 1. The first kappa shape index (κ1) is 20.7. The Bertz CT molecular complexity index is 1050. The van der Waals surface area contributed by atoms with Crippen molar-refractivity contribution >= 4 is 35.1 Å². The van der Waals surface area contributed by atoms with Gasteiger partial charge in [0.05, 0.1) is 22.9 Å². The van der Waals surface area contributed by atoms with Crippen LogP contribution in [0.2, 0.25) is 0 Å². The molecule has 0 spiro atoms. The molecule has 2 saturated heterocycles. The van der Waals surface area contributed by atoms with Crippen LogP contribution < -0.4 is 4.90 Å². The third-order valence-electron chi connectivity index (χ3n) is 5.56. The number of carbonyl (C=O) groups excluding carboxylic acids is 4. The molecule has 162 valence electrons. The second-order valence-electron chi connectivity index (χ2n) is 7.61. The maximum absolute atomic E-state index is 13.4. The first-order chi connectivity index (χ1) is 14.6. The maximum atomic E-state index is 13.4. The van der Waals surface area contributed by atoms with Crippen molar-refractivity contribution in [2.75, 3.05) is 4.90 Å². The molecule has 0 saturated carbocycles. The highest BCUT2D eigenvalue weighted by Gasteiger charge is 2.72. The zero-order valence-corrected chi connectivity index (χ0v) is 16.8. The molecule has 0 N–H and O–H groups in total. The lowest BCUT2D eigenvalue weighted by Crippen LogP contribution is -2.52. The highest BCUT2D eigenvalue weighted by molar-refractivity contribution is 6.24. The van der Waals surface area contributed by atoms with Crippen LogP contribution >= 0.6 is 0 Å². The second-order valence-corrected chi connectivity index (χ2v) is 7.61. The zero-order chi connectivity index (χ0) is 22.7. The predicted molar refractivity (Wildman–Crippen MR) is 101 cm³/mol. The minimum atomic E-state index is -1.71. The summed E-state index contributed by atoms with van der Waals surface area (Å²) in [5, 5.41) is 11.5. The van der Waals surface area contributed by atoms with E-state index in [4.69, 9.17) is 14.2 Å². The van der Waals surface area contributed by atoms with Gasteiger partial charge in [-0.2, -0.15) is 0 Å². The number of ether oxygens (including phenoxy) is 3. The van der Waals surface area contributed by atoms with Crippen molar-refractivity contribution < 1.29 is 38.3 Å². The fourth-order valence-electron chi connectivity index (χ4n) is 4.42. The zero-order valence-electron chi connectivity index (χ0n) is 16.8. The Labute approximate surface area is 175 Å². The number of aryl methyl sites for hydroxylation is 1. The van der Waals surface area contributed by atoms with Gasteiger partial charge in [-0.25, -0.2) is 4.90 Å². The van der Waals surface area contributed by atoms with Crippen molar-refractivity contribution in [3.05, 3.63) is 46.0 Å². The van der Waals surface area contributed by atoms with Crippen LogP contribution in [0.5, 0.6) is 0 Å². The number of rotatable bonds is 5. The minimum absolute atomic E-state index is 0.161. The Morgan fingerprint density at radius 2 is 1.84 bits per heavy atom. The number of amides is 2. The molecular formula is C20H18N2O9. The lowest BCUT2D eigenvalue weighted by molar-refractivity contribution is -0.384. The smallest absolute Gasteiger partial charge is 0.305 e. The van der Waals surface area contributed by atoms with Gasteiger partial charge in [0.15, 0.2) is 5.60 Å². The van der Waals surface area contributed by atoms with E-state index in [9.17, 15) is 29.3 Å². The molecule has 4 unspecified atom stereocenters. The van der Waals surface area contributed by atoms with Crippen LogP contribution in [0.4, 0.5) is 11.4 Å². The number of benzene rings is 1. The van der Waals surface area contributed by atoms with Gasteiger partial charge < -0.3 is 14.2 Å². The molecular weight excluding hydrogens is 412 g/mol. The standard InChI is InChI=1S/C20H18N2O9/c1-9-4-5-12(13(8-9)22(27)28)21-17(25)15-14-6-7-20(31-14,16(15)18(21)26)19(29-10(2)23)30-11(3)24/h4-8,14-16,19H,1-3H3. The quantitative estimate of drug-likeness (QED) is 0.168. The van der Waals surface area contributed by atoms with E-state index in [0.29, 0.717) is 5.56 Å². The Morgan fingerprint density at radius 3 is 2.42 bits per heavy atom. The molecule has 1 aromatic rings. The van der Waals surface area contributed by atoms with Gasteiger partial charge in [0, 0.05) is 19.9 Å². The second kappa shape index (κ2) is 6.98. The van der Waals surface area contributed by atoms with Crippen molar-refractivity contribution in [3.8, 4) is 0 Å². The summed E-state index contributed by atoms with van der Waals surface area (Å²) in [6.07, 6.45) is 0.514. The topological polar surface area (TPSA) is 142 Å². The first-order valence-corrected chi connectivity index (χ1v) is 9.41. The summed E-state index contributed by atoms with van der Waals surface area (Å²) in [7, 11) is 0. The number of hydrogen-bond acceptors (Lipinski definition) is 9. The molecule has 11 heteroatoms. The Hall–Kier alpha value is -3.60. The summed E-state index contributed by atoms with van der Waals surface area (Å²) < 4.78 is 16.1. The van der Waals surface area contributed by atoms with Crippen LogP contribution in [0.1, 0.15) is 19.4 Å². The average Bonchev–Trinajstić information content (AvgIpc) is 3.32. The summed E-state index contributed by atoms with van der Waals surface area (Å²) in [5.74, 6) is -5.22. The number of nitro groups is 1. The van der Waals surface area contributed by atoms with E-state index in [0.717, 1.165) is 18.7 Å². The normalized spacial score (nSPS) is 28.3. The summed E-state index contributed by atoms with van der Waals surface area (Å²) in [5.41, 5.74) is -1.69. The van der Waals surface area contributed by atoms with Crippen LogP contribution in [-0.2, 0) is 33.4 Å². The molecule has 2 fully saturated rings. The van der Waals surface area contributed by atoms with Crippen LogP contribution in [0.25, 0.3) is 0 Å². The lowest BCUT2D eigenvalue weighted by atomic mass is 9.76. The number of hydrogen-bond donors (Lipinski definition) is 0. The third kappa shape index (κ3) is 3.00. The minimum Gasteiger partial charge on any atom is -0.422 e. The van der Waals surface area contributed by atoms with E-state index in [1.165, 1.54) is 24.3 Å². The van der Waals surface area contributed by atoms with Crippen LogP contribution in [0.3, 0.4) is 0 Å². The van der Waals surface area contributed by atoms with Gasteiger partial charge in [0.1, 0.15) is 5.69 Å².